The molecule has 0 saturated carbocycles. The van der Waals surface area contributed by atoms with Gasteiger partial charge in [-0.1, -0.05) is 66.7 Å². The number of nitrogens with one attached hydrogen (secondary N) is 1. The van der Waals surface area contributed by atoms with Crippen LogP contribution in [0.1, 0.15) is 26.3 Å². The highest BCUT2D eigenvalue weighted by Crippen LogP contribution is 2.07. The Bertz CT molecular complexity index is 1220. The summed E-state index contributed by atoms with van der Waals surface area (Å²) in [7, 11) is 1.52. The van der Waals surface area contributed by atoms with Gasteiger partial charge in [0.2, 0.25) is 5.91 Å². The molecule has 0 bridgehead atoms. The zero-order chi connectivity index (χ0) is 30.2. The number of hydrogen-bond donors (Lipinski definition) is 4. The molecule has 12 heteroatoms. The number of carbonyl (C=O) groups is 5. The number of amides is 1. The molecule has 0 radical (unpaired) electrons. The minimum atomic E-state index is -2.40. The predicted molar refractivity (Wildman–Crippen MR) is 144 cm³/mol. The highest BCUT2D eigenvalue weighted by atomic mass is 16.6. The van der Waals surface area contributed by atoms with Crippen molar-refractivity contribution in [3.63, 3.8) is 0 Å². The molecule has 0 fully saturated rings. The summed E-state index contributed by atoms with van der Waals surface area (Å²) in [6.45, 7) is 0.734. The normalized spacial score (nSPS) is 12.4. The Morgan fingerprint density at radius 1 is 0.707 bits per heavy atom. The molecule has 0 heterocycles. The van der Waals surface area contributed by atoms with Crippen LogP contribution in [0.15, 0.2) is 91.0 Å². The monoisotopic (exact) mass is 566 g/mol. The van der Waals surface area contributed by atoms with E-state index in [4.69, 9.17) is 10.5 Å². The summed E-state index contributed by atoms with van der Waals surface area (Å²) in [6, 6.07) is 23.9. The number of rotatable bonds is 10. The fourth-order valence-electron chi connectivity index (χ4n) is 3.00. The molecule has 5 N–H and O–H groups in total. The Balaban J connectivity index is 0.000000333. The second-order valence-corrected chi connectivity index (χ2v) is 8.30. The summed E-state index contributed by atoms with van der Waals surface area (Å²) < 4.78 is 13.5. The maximum Gasteiger partial charge on any atom is 0.346 e. The van der Waals surface area contributed by atoms with Gasteiger partial charge in [-0.05, 0) is 29.8 Å². The number of nitrogens with two attached hydrogens (primary N) is 1. The molecule has 0 saturated heterocycles. The van der Waals surface area contributed by atoms with Crippen LogP contribution in [0.4, 0.5) is 0 Å². The van der Waals surface area contributed by atoms with Gasteiger partial charge in [0.15, 0.2) is 12.2 Å². The Kier molecular flexibility index (Phi) is 13.5. The minimum absolute atomic E-state index is 0.0318. The maximum absolute atomic E-state index is 11.7. The van der Waals surface area contributed by atoms with Crippen molar-refractivity contribution in [1.82, 2.24) is 5.32 Å². The number of carbonyl (C=O) groups excluding carboxylic acids is 5. The van der Waals surface area contributed by atoms with Crippen LogP contribution in [-0.2, 0) is 35.1 Å². The van der Waals surface area contributed by atoms with E-state index in [0.717, 1.165) is 5.56 Å². The van der Waals surface area contributed by atoms with Crippen LogP contribution < -0.4 is 11.1 Å². The lowest BCUT2D eigenvalue weighted by atomic mass is 10.2. The van der Waals surface area contributed by atoms with Gasteiger partial charge in [-0.2, -0.15) is 0 Å². The molecule has 0 aliphatic carbocycles. The van der Waals surface area contributed by atoms with E-state index < -0.39 is 42.1 Å². The average molecular weight is 567 g/mol. The Morgan fingerprint density at radius 2 is 1.10 bits per heavy atom. The molecule has 3 aromatic carbocycles. The first-order chi connectivity index (χ1) is 19.6. The molecule has 0 aromatic heterocycles. The van der Waals surface area contributed by atoms with Crippen LogP contribution in [-0.4, -0.2) is 72.0 Å². The zero-order valence-corrected chi connectivity index (χ0v) is 22.0. The van der Waals surface area contributed by atoms with Gasteiger partial charge in [-0.25, -0.2) is 19.2 Å². The number of aliphatic hydroxyl groups is 2. The second-order valence-electron chi connectivity index (χ2n) is 8.30. The second kappa shape index (κ2) is 17.0. The molecule has 0 aliphatic rings. The van der Waals surface area contributed by atoms with E-state index in [9.17, 15) is 34.2 Å². The lowest BCUT2D eigenvalue weighted by Gasteiger charge is -2.14. The quantitative estimate of drug-likeness (QED) is 0.200. The van der Waals surface area contributed by atoms with Crippen molar-refractivity contribution in [2.75, 3.05) is 13.7 Å². The van der Waals surface area contributed by atoms with Crippen LogP contribution in [0, 0.1) is 0 Å². The van der Waals surface area contributed by atoms with E-state index in [-0.39, 0.29) is 23.6 Å². The maximum atomic E-state index is 11.7. The van der Waals surface area contributed by atoms with Gasteiger partial charge in [0.1, 0.15) is 6.04 Å². The molecular formula is C29H30N2O10. The Hall–Kier alpha value is -4.75. The smallest absolute Gasteiger partial charge is 0.346 e. The van der Waals surface area contributed by atoms with Gasteiger partial charge in [0.25, 0.3) is 0 Å². The zero-order valence-electron chi connectivity index (χ0n) is 22.0. The van der Waals surface area contributed by atoms with Gasteiger partial charge in [0.05, 0.1) is 17.7 Å². The lowest BCUT2D eigenvalue weighted by molar-refractivity contribution is -0.166. The van der Waals surface area contributed by atoms with Crippen molar-refractivity contribution in [2.45, 2.75) is 24.8 Å². The van der Waals surface area contributed by atoms with Crippen molar-refractivity contribution in [3.8, 4) is 0 Å². The summed E-state index contributed by atoms with van der Waals surface area (Å²) in [5.74, 6) is -5.46. The average Bonchev–Trinajstić information content (AvgIpc) is 3.00. The highest BCUT2D eigenvalue weighted by Gasteiger charge is 2.35. The third kappa shape index (κ3) is 11.1. The van der Waals surface area contributed by atoms with Crippen LogP contribution in [0.25, 0.3) is 0 Å². The lowest BCUT2D eigenvalue weighted by Crippen LogP contribution is -2.43. The first-order valence-electron chi connectivity index (χ1n) is 12.2. The number of benzene rings is 3. The largest absolute Gasteiger partial charge is 0.387 e. The van der Waals surface area contributed by atoms with E-state index in [0.29, 0.717) is 6.54 Å². The first kappa shape index (κ1) is 32.5. The van der Waals surface area contributed by atoms with Gasteiger partial charge in [0, 0.05) is 13.7 Å². The van der Waals surface area contributed by atoms with Crippen molar-refractivity contribution >= 4 is 29.8 Å². The van der Waals surface area contributed by atoms with Crippen LogP contribution in [0.2, 0.25) is 0 Å². The number of aliphatic hydroxyl groups excluding tert-OH is 2. The molecule has 3 atom stereocenters. The third-order valence-corrected chi connectivity index (χ3v) is 5.18. The van der Waals surface area contributed by atoms with E-state index >= 15 is 0 Å². The highest BCUT2D eigenvalue weighted by molar-refractivity contribution is 6.01. The van der Waals surface area contributed by atoms with Gasteiger partial charge in [-0.3, -0.25) is 4.79 Å². The molecule has 12 nitrogen and oxygen atoms in total. The summed E-state index contributed by atoms with van der Waals surface area (Å²) >= 11 is 0. The van der Waals surface area contributed by atoms with Crippen LogP contribution in [0.3, 0.4) is 0 Å². The summed E-state index contributed by atoms with van der Waals surface area (Å²) in [6.07, 6.45) is -4.81. The summed E-state index contributed by atoms with van der Waals surface area (Å²) in [5, 5.41) is 22.0. The number of hydrogen-bond acceptors (Lipinski definition) is 11. The van der Waals surface area contributed by atoms with E-state index in [2.05, 4.69) is 14.8 Å². The third-order valence-electron chi connectivity index (χ3n) is 5.18. The fourth-order valence-corrected chi connectivity index (χ4v) is 3.00. The standard InChI is InChI=1S/C18H14O8.C11H16N2O2/c19-13(17(23)25-15(21)11-7-3-1-4-8-11)14(20)18(24)26-16(22)12-9-5-2-6-10-12;1-15-8-10(12)11(14)13-7-9-5-3-2-4-6-9/h1-10,13-14,19-20H;2-6,10H,7-8,12H2,1H3,(H,13,14)/t;10-/m.1/s1. The van der Waals surface area contributed by atoms with Gasteiger partial charge >= 0.3 is 23.9 Å². The van der Waals surface area contributed by atoms with E-state index in [1.54, 1.807) is 12.1 Å². The predicted octanol–water partition coefficient (Wildman–Crippen LogP) is 0.752. The molecule has 41 heavy (non-hydrogen) atoms. The van der Waals surface area contributed by atoms with E-state index in [1.807, 2.05) is 30.3 Å². The Morgan fingerprint density at radius 3 is 1.49 bits per heavy atom. The SMILES string of the molecule is COC[C@@H](N)C(=O)NCc1ccccc1.O=C(OC(=O)C(O)C(O)C(=O)OC(=O)c1ccccc1)c1ccccc1. The van der Waals surface area contributed by atoms with Gasteiger partial charge in [-0.15, -0.1) is 0 Å². The molecule has 0 spiro atoms. The molecule has 3 aromatic rings. The van der Waals surface area contributed by atoms with Crippen molar-refractivity contribution in [2.24, 2.45) is 5.73 Å². The molecule has 3 rings (SSSR count). The number of ether oxygens (including phenoxy) is 3. The number of esters is 4. The molecule has 2 unspecified atom stereocenters. The molecule has 0 aliphatic heterocycles. The molecular weight excluding hydrogens is 536 g/mol. The van der Waals surface area contributed by atoms with E-state index in [1.165, 1.54) is 55.6 Å². The summed E-state index contributed by atoms with van der Waals surface area (Å²) in [5.41, 5.74) is 6.67. The molecule has 1 amide bonds. The fraction of sp³-hybridized carbons (Fsp3) is 0.207. The van der Waals surface area contributed by atoms with Crippen molar-refractivity contribution in [3.05, 3.63) is 108 Å². The van der Waals surface area contributed by atoms with Crippen LogP contribution in [0.5, 0.6) is 0 Å². The van der Waals surface area contributed by atoms with Crippen molar-refractivity contribution in [1.29, 1.82) is 0 Å². The van der Waals surface area contributed by atoms with Gasteiger partial charge < -0.3 is 35.5 Å². The van der Waals surface area contributed by atoms with Crippen molar-refractivity contribution < 1.29 is 48.4 Å². The number of methoxy groups -OCH3 is 1. The van der Waals surface area contributed by atoms with Crippen LogP contribution >= 0.6 is 0 Å². The Labute approximate surface area is 235 Å². The first-order valence-corrected chi connectivity index (χ1v) is 12.2. The molecule has 216 valence electrons. The topological polar surface area (TPSA) is 192 Å². The minimum Gasteiger partial charge on any atom is -0.387 e. The summed E-state index contributed by atoms with van der Waals surface area (Å²) in [4.78, 5) is 58.2.